The van der Waals surface area contributed by atoms with E-state index in [0.29, 0.717) is 0 Å². The lowest BCUT2D eigenvalue weighted by Crippen LogP contribution is -2.32. The van der Waals surface area contributed by atoms with Crippen LogP contribution in [0.1, 0.15) is 37.4 Å². The molecule has 1 aliphatic rings. The van der Waals surface area contributed by atoms with Crippen LogP contribution in [-0.2, 0) is 6.54 Å². The quantitative estimate of drug-likeness (QED) is 0.812. The fraction of sp³-hybridized carbons (Fsp3) is 0.600. The highest BCUT2D eigenvalue weighted by Crippen LogP contribution is 2.24. The Kier molecular flexibility index (Phi) is 4.22. The average molecular weight is 293 g/mol. The van der Waals surface area contributed by atoms with Crippen molar-refractivity contribution in [1.82, 2.24) is 19.4 Å². The summed E-state index contributed by atoms with van der Waals surface area (Å²) in [6, 6.07) is 2.03. The Balaban J connectivity index is 1.83. The van der Waals surface area contributed by atoms with Crippen LogP contribution in [0.3, 0.4) is 0 Å². The van der Waals surface area contributed by atoms with Crippen LogP contribution in [0.5, 0.6) is 0 Å². The maximum Gasteiger partial charge on any atom is 0.127 e. The van der Waals surface area contributed by atoms with E-state index in [2.05, 4.69) is 19.4 Å². The largest absolute Gasteiger partial charge is 0.325 e. The minimum Gasteiger partial charge on any atom is -0.325 e. The first kappa shape index (κ1) is 13.8. The van der Waals surface area contributed by atoms with E-state index in [0.717, 1.165) is 29.9 Å². The topological polar surface area (TPSA) is 34.0 Å². The van der Waals surface area contributed by atoms with E-state index < -0.39 is 0 Å². The molecule has 5 heteroatoms. The number of piperidine rings is 1. The van der Waals surface area contributed by atoms with Gasteiger partial charge in [0.25, 0.3) is 0 Å². The van der Waals surface area contributed by atoms with Crippen molar-refractivity contribution in [1.29, 1.82) is 0 Å². The van der Waals surface area contributed by atoms with Crippen molar-refractivity contribution < 1.29 is 0 Å². The lowest BCUT2D eigenvalue weighted by molar-refractivity contribution is 0.221. The maximum absolute atomic E-state index is 6.28. The van der Waals surface area contributed by atoms with Crippen LogP contribution in [0.25, 0.3) is 11.0 Å². The number of nitrogens with zero attached hydrogens (tertiary/aromatic N) is 4. The standard InChI is InChI=1S/C15H21ClN4/c1-12(16)15-18-13-11-17-6-5-14(13)20(15)10-9-19-7-3-2-4-8-19/h5-6,11-12H,2-4,7-10H2,1H3. The maximum atomic E-state index is 6.28. The van der Waals surface area contributed by atoms with Crippen molar-refractivity contribution in [3.8, 4) is 0 Å². The van der Waals surface area contributed by atoms with E-state index in [1.54, 1.807) is 0 Å². The van der Waals surface area contributed by atoms with Gasteiger partial charge in [-0.1, -0.05) is 6.42 Å². The summed E-state index contributed by atoms with van der Waals surface area (Å²) in [6.07, 6.45) is 7.67. The average Bonchev–Trinajstić information content (AvgIpc) is 2.85. The number of hydrogen-bond donors (Lipinski definition) is 0. The number of fused-ring (bicyclic) bond motifs is 1. The first-order valence-electron chi connectivity index (χ1n) is 7.42. The highest BCUT2D eigenvalue weighted by atomic mass is 35.5. The smallest absolute Gasteiger partial charge is 0.127 e. The van der Waals surface area contributed by atoms with E-state index in [1.807, 2.05) is 25.4 Å². The Hall–Kier alpha value is -1.13. The molecule has 0 bridgehead atoms. The van der Waals surface area contributed by atoms with Crippen molar-refractivity contribution in [2.75, 3.05) is 19.6 Å². The Morgan fingerprint density at radius 3 is 2.80 bits per heavy atom. The first-order valence-corrected chi connectivity index (χ1v) is 7.86. The number of likely N-dealkylation sites (tertiary alicyclic amines) is 1. The molecule has 1 aliphatic heterocycles. The number of hydrogen-bond acceptors (Lipinski definition) is 3. The van der Waals surface area contributed by atoms with E-state index in [9.17, 15) is 0 Å². The molecule has 1 atom stereocenters. The normalized spacial score (nSPS) is 18.5. The summed E-state index contributed by atoms with van der Waals surface area (Å²) in [5.41, 5.74) is 2.08. The van der Waals surface area contributed by atoms with Crippen molar-refractivity contribution >= 4 is 22.6 Å². The zero-order valence-electron chi connectivity index (χ0n) is 11.9. The van der Waals surface area contributed by atoms with Crippen molar-refractivity contribution in [2.45, 2.75) is 38.1 Å². The van der Waals surface area contributed by atoms with Gasteiger partial charge in [0, 0.05) is 19.3 Å². The molecule has 1 unspecified atom stereocenters. The number of imidazole rings is 1. The molecule has 0 spiro atoms. The molecule has 3 rings (SSSR count). The van der Waals surface area contributed by atoms with E-state index in [1.165, 1.54) is 32.4 Å². The second kappa shape index (κ2) is 6.10. The predicted octanol–water partition coefficient (Wildman–Crippen LogP) is 3.22. The van der Waals surface area contributed by atoms with E-state index in [-0.39, 0.29) is 5.38 Å². The van der Waals surface area contributed by atoms with E-state index in [4.69, 9.17) is 11.6 Å². The minimum atomic E-state index is -0.0799. The number of pyridine rings is 1. The van der Waals surface area contributed by atoms with Crippen LogP contribution < -0.4 is 0 Å². The van der Waals surface area contributed by atoms with Crippen molar-refractivity contribution in [3.05, 3.63) is 24.3 Å². The molecule has 0 N–H and O–H groups in total. The van der Waals surface area contributed by atoms with Gasteiger partial charge in [-0.25, -0.2) is 4.98 Å². The van der Waals surface area contributed by atoms with Crippen LogP contribution in [0.15, 0.2) is 18.5 Å². The molecule has 0 amide bonds. The monoisotopic (exact) mass is 292 g/mol. The fourth-order valence-electron chi connectivity index (χ4n) is 2.96. The van der Waals surface area contributed by atoms with Crippen LogP contribution >= 0.6 is 11.6 Å². The lowest BCUT2D eigenvalue weighted by Gasteiger charge is -2.26. The third kappa shape index (κ3) is 2.81. The number of aromatic nitrogens is 3. The summed E-state index contributed by atoms with van der Waals surface area (Å²) in [5, 5.41) is -0.0799. The van der Waals surface area contributed by atoms with Crippen molar-refractivity contribution in [2.24, 2.45) is 0 Å². The van der Waals surface area contributed by atoms with Crippen molar-refractivity contribution in [3.63, 3.8) is 0 Å². The SMILES string of the molecule is CC(Cl)c1nc2cnccc2n1CCN1CCCCC1. The molecule has 20 heavy (non-hydrogen) atoms. The molecule has 3 heterocycles. The van der Waals surface area contributed by atoms with Crippen LogP contribution in [-0.4, -0.2) is 39.1 Å². The third-order valence-corrected chi connectivity index (χ3v) is 4.22. The molecular formula is C15H21ClN4. The number of rotatable bonds is 4. The Morgan fingerprint density at radius 2 is 2.05 bits per heavy atom. The van der Waals surface area contributed by atoms with Gasteiger partial charge in [-0.2, -0.15) is 0 Å². The van der Waals surface area contributed by atoms with Gasteiger partial charge in [0.1, 0.15) is 11.3 Å². The molecule has 2 aromatic rings. The second-order valence-electron chi connectivity index (χ2n) is 5.50. The van der Waals surface area contributed by atoms with Gasteiger partial charge in [0.05, 0.1) is 17.1 Å². The van der Waals surface area contributed by atoms with Gasteiger partial charge in [-0.3, -0.25) is 4.98 Å². The predicted molar refractivity (Wildman–Crippen MR) is 82.1 cm³/mol. The molecule has 0 saturated carbocycles. The van der Waals surface area contributed by atoms with Gasteiger partial charge in [-0.05, 0) is 38.9 Å². The summed E-state index contributed by atoms with van der Waals surface area (Å²) >= 11 is 6.28. The van der Waals surface area contributed by atoms with Gasteiger partial charge >= 0.3 is 0 Å². The highest BCUT2D eigenvalue weighted by Gasteiger charge is 2.16. The summed E-state index contributed by atoms with van der Waals surface area (Å²) < 4.78 is 2.25. The Labute approximate surface area is 124 Å². The Bertz CT molecular complexity index is 572. The van der Waals surface area contributed by atoms with Gasteiger partial charge in [0.15, 0.2) is 0 Å². The molecule has 0 radical (unpaired) electrons. The number of alkyl halides is 1. The minimum absolute atomic E-state index is 0.0799. The summed E-state index contributed by atoms with van der Waals surface area (Å²) in [4.78, 5) is 11.3. The van der Waals surface area contributed by atoms with E-state index >= 15 is 0 Å². The molecule has 4 nitrogen and oxygen atoms in total. The number of halogens is 1. The molecule has 1 fully saturated rings. The van der Waals surface area contributed by atoms with Gasteiger partial charge in [-0.15, -0.1) is 11.6 Å². The van der Waals surface area contributed by atoms with Crippen LogP contribution in [0, 0.1) is 0 Å². The fourth-order valence-corrected chi connectivity index (χ4v) is 3.13. The lowest BCUT2D eigenvalue weighted by atomic mass is 10.1. The molecule has 108 valence electrons. The molecule has 2 aromatic heterocycles. The molecule has 0 aromatic carbocycles. The zero-order chi connectivity index (χ0) is 13.9. The third-order valence-electron chi connectivity index (χ3n) is 4.02. The van der Waals surface area contributed by atoms with Gasteiger partial charge in [0.2, 0.25) is 0 Å². The summed E-state index contributed by atoms with van der Waals surface area (Å²) in [7, 11) is 0. The van der Waals surface area contributed by atoms with Gasteiger partial charge < -0.3 is 9.47 Å². The summed E-state index contributed by atoms with van der Waals surface area (Å²) in [5.74, 6) is 0.951. The molecule has 0 aliphatic carbocycles. The summed E-state index contributed by atoms with van der Waals surface area (Å²) in [6.45, 7) is 6.45. The molecular weight excluding hydrogens is 272 g/mol. The Morgan fingerprint density at radius 1 is 1.25 bits per heavy atom. The zero-order valence-corrected chi connectivity index (χ0v) is 12.7. The molecule has 1 saturated heterocycles. The first-order chi connectivity index (χ1) is 9.75. The van der Waals surface area contributed by atoms with Crippen LogP contribution in [0.2, 0.25) is 0 Å². The second-order valence-corrected chi connectivity index (χ2v) is 6.16. The highest BCUT2D eigenvalue weighted by molar-refractivity contribution is 6.20. The van der Waals surface area contributed by atoms with Crippen LogP contribution in [0.4, 0.5) is 0 Å².